The van der Waals surface area contributed by atoms with Crippen molar-refractivity contribution >= 4 is 37.8 Å². The van der Waals surface area contributed by atoms with Gasteiger partial charge in [-0.15, -0.1) is 0 Å². The number of ether oxygens (including phenoxy) is 1. The molecule has 174 valence electrons. The monoisotopic (exact) mass is 582 g/mol. The van der Waals surface area contributed by atoms with Gasteiger partial charge in [-0.25, -0.2) is 9.67 Å². The lowest BCUT2D eigenvalue weighted by Gasteiger charge is -2.25. The number of nitrogens with zero attached hydrogens (tertiary/aromatic N) is 4. The third kappa shape index (κ3) is 5.39. The fourth-order valence-corrected chi connectivity index (χ4v) is 5.22. The molecule has 0 saturated heterocycles. The number of hydrogen-bond donors (Lipinski definition) is 0. The number of hydrogen-bond acceptors (Lipinski definition) is 4. The summed E-state index contributed by atoms with van der Waals surface area (Å²) in [5, 5.41) is 4.14. The number of carbonyl (C=O) groups excluding carboxylic acids is 1. The highest BCUT2D eigenvalue weighted by molar-refractivity contribution is 9.11. The first-order valence-corrected chi connectivity index (χ1v) is 12.3. The minimum atomic E-state index is -0.0865. The Hall–Kier alpha value is -2.97. The van der Waals surface area contributed by atoms with E-state index in [-0.39, 0.29) is 11.9 Å². The predicted molar refractivity (Wildman–Crippen MR) is 139 cm³/mol. The van der Waals surface area contributed by atoms with Gasteiger partial charge in [0.15, 0.2) is 0 Å². The molecule has 0 fully saturated rings. The molecule has 3 aromatic carbocycles. The van der Waals surface area contributed by atoms with Crippen LogP contribution in [0.4, 0.5) is 0 Å². The first-order chi connectivity index (χ1) is 16.3. The summed E-state index contributed by atoms with van der Waals surface area (Å²) >= 11 is 7.10. The number of aryl methyl sites for hydroxylation is 1. The highest BCUT2D eigenvalue weighted by Crippen LogP contribution is 2.35. The van der Waals surface area contributed by atoms with Gasteiger partial charge in [-0.1, -0.05) is 24.3 Å². The van der Waals surface area contributed by atoms with Crippen molar-refractivity contribution in [3.63, 3.8) is 0 Å². The zero-order valence-corrected chi connectivity index (χ0v) is 22.2. The third-order valence-electron chi connectivity index (χ3n) is 5.69. The van der Waals surface area contributed by atoms with Gasteiger partial charge in [0.25, 0.3) is 5.91 Å². The molecule has 1 atom stereocenters. The second-order valence-electron chi connectivity index (χ2n) is 8.07. The molecule has 6 nitrogen and oxygen atoms in total. The average molecular weight is 584 g/mol. The lowest BCUT2D eigenvalue weighted by Crippen LogP contribution is -2.29. The van der Waals surface area contributed by atoms with Crippen molar-refractivity contribution in [3.05, 3.63) is 105 Å². The SMILES string of the molecule is Cc1cc(Br)c(OCc2ccc(C(=O)N(C)C(C)c3ccc(-n4cncn4)cc3)cc2)c(Br)c1. The summed E-state index contributed by atoms with van der Waals surface area (Å²) in [4.78, 5) is 18.8. The molecule has 1 aromatic heterocycles. The average Bonchev–Trinajstić information content (AvgIpc) is 3.37. The molecule has 0 aliphatic heterocycles. The normalized spacial score (nSPS) is 11.8. The van der Waals surface area contributed by atoms with E-state index in [9.17, 15) is 4.79 Å². The fraction of sp³-hybridized carbons (Fsp3) is 0.192. The quantitative estimate of drug-likeness (QED) is 0.249. The van der Waals surface area contributed by atoms with E-state index in [4.69, 9.17) is 4.74 Å². The molecule has 0 saturated carbocycles. The van der Waals surface area contributed by atoms with Crippen molar-refractivity contribution in [2.45, 2.75) is 26.5 Å². The molecule has 1 unspecified atom stereocenters. The Morgan fingerprint density at radius 1 is 1.06 bits per heavy atom. The number of carbonyl (C=O) groups is 1. The zero-order chi connectivity index (χ0) is 24.2. The van der Waals surface area contributed by atoms with Crippen LogP contribution in [0.5, 0.6) is 5.75 Å². The summed E-state index contributed by atoms with van der Waals surface area (Å²) in [5.74, 6) is 0.721. The smallest absolute Gasteiger partial charge is 0.254 e. The molecule has 4 rings (SSSR count). The minimum absolute atomic E-state index is 0.0376. The molecule has 0 aliphatic rings. The minimum Gasteiger partial charge on any atom is -0.487 e. The number of aromatic nitrogens is 3. The van der Waals surface area contributed by atoms with Gasteiger partial charge in [-0.3, -0.25) is 4.79 Å². The first-order valence-electron chi connectivity index (χ1n) is 10.7. The van der Waals surface area contributed by atoms with Crippen molar-refractivity contribution in [2.75, 3.05) is 7.05 Å². The Kier molecular flexibility index (Phi) is 7.48. The van der Waals surface area contributed by atoms with Gasteiger partial charge in [-0.05, 0) is 98.8 Å². The van der Waals surface area contributed by atoms with Crippen LogP contribution in [0.25, 0.3) is 5.69 Å². The van der Waals surface area contributed by atoms with E-state index in [1.807, 2.05) is 81.6 Å². The van der Waals surface area contributed by atoms with Gasteiger partial charge < -0.3 is 9.64 Å². The van der Waals surface area contributed by atoms with E-state index in [1.165, 1.54) is 6.33 Å². The molecule has 1 heterocycles. The zero-order valence-electron chi connectivity index (χ0n) is 19.1. The van der Waals surface area contributed by atoms with Crippen LogP contribution in [0.15, 0.2) is 82.3 Å². The molecule has 0 bridgehead atoms. The van der Waals surface area contributed by atoms with E-state index in [0.717, 1.165) is 37.1 Å². The van der Waals surface area contributed by atoms with E-state index in [0.29, 0.717) is 12.2 Å². The molecule has 34 heavy (non-hydrogen) atoms. The summed E-state index contributed by atoms with van der Waals surface area (Å²) in [6, 6.07) is 19.4. The van der Waals surface area contributed by atoms with Crippen LogP contribution in [0, 0.1) is 6.92 Å². The summed E-state index contributed by atoms with van der Waals surface area (Å²) in [7, 11) is 1.82. The van der Waals surface area contributed by atoms with Crippen molar-refractivity contribution in [1.29, 1.82) is 0 Å². The van der Waals surface area contributed by atoms with Crippen LogP contribution in [0.1, 0.15) is 40.0 Å². The maximum Gasteiger partial charge on any atom is 0.254 e. The molecular weight excluding hydrogens is 560 g/mol. The van der Waals surface area contributed by atoms with Crippen LogP contribution in [-0.4, -0.2) is 32.6 Å². The second kappa shape index (κ2) is 10.5. The number of rotatable bonds is 7. The largest absolute Gasteiger partial charge is 0.487 e. The molecule has 1 amide bonds. The number of amides is 1. The Bertz CT molecular complexity index is 1250. The number of benzene rings is 3. The van der Waals surface area contributed by atoms with Gasteiger partial charge in [-0.2, -0.15) is 5.10 Å². The number of halogens is 2. The molecule has 4 aromatic rings. The third-order valence-corrected chi connectivity index (χ3v) is 6.86. The molecule has 0 radical (unpaired) electrons. The Labute approximate surface area is 215 Å². The highest BCUT2D eigenvalue weighted by atomic mass is 79.9. The van der Waals surface area contributed by atoms with Gasteiger partial charge in [0.2, 0.25) is 0 Å². The van der Waals surface area contributed by atoms with E-state index >= 15 is 0 Å². The van der Waals surface area contributed by atoms with Crippen molar-refractivity contribution in [3.8, 4) is 11.4 Å². The molecule has 8 heteroatoms. The Morgan fingerprint density at radius 2 is 1.71 bits per heavy atom. The molecule has 0 spiro atoms. The molecule has 0 aliphatic carbocycles. The summed E-state index contributed by atoms with van der Waals surface area (Å²) in [5.41, 5.74) is 4.72. The highest BCUT2D eigenvalue weighted by Gasteiger charge is 2.19. The van der Waals surface area contributed by atoms with Crippen LogP contribution < -0.4 is 4.74 Å². The lowest BCUT2D eigenvalue weighted by molar-refractivity contribution is 0.0742. The van der Waals surface area contributed by atoms with Crippen molar-refractivity contribution in [2.24, 2.45) is 0 Å². The predicted octanol–water partition coefficient (Wildman–Crippen LogP) is 6.51. The molecular formula is C26H24Br2N4O2. The van der Waals surface area contributed by atoms with E-state index in [2.05, 4.69) is 41.9 Å². The van der Waals surface area contributed by atoms with Crippen LogP contribution in [0.2, 0.25) is 0 Å². The summed E-state index contributed by atoms with van der Waals surface area (Å²) in [6.45, 7) is 4.45. The van der Waals surface area contributed by atoms with E-state index in [1.54, 1.807) is 15.9 Å². The standard InChI is InChI=1S/C26H24Br2N4O2/c1-17-12-23(27)25(24(28)13-17)34-14-19-4-6-21(7-5-19)26(33)31(3)18(2)20-8-10-22(11-9-20)32-16-29-15-30-32/h4-13,15-16,18H,14H2,1-3H3. The van der Waals surface area contributed by atoms with Crippen molar-refractivity contribution in [1.82, 2.24) is 19.7 Å². The fourth-order valence-electron chi connectivity index (χ4n) is 3.57. The van der Waals surface area contributed by atoms with Gasteiger partial charge in [0, 0.05) is 12.6 Å². The maximum atomic E-state index is 13.1. The van der Waals surface area contributed by atoms with Gasteiger partial charge in [0.1, 0.15) is 25.0 Å². The Morgan fingerprint density at radius 3 is 2.29 bits per heavy atom. The summed E-state index contributed by atoms with van der Waals surface area (Å²) < 4.78 is 9.49. The van der Waals surface area contributed by atoms with Crippen molar-refractivity contribution < 1.29 is 9.53 Å². The van der Waals surface area contributed by atoms with Crippen LogP contribution in [-0.2, 0) is 6.61 Å². The van der Waals surface area contributed by atoms with E-state index < -0.39 is 0 Å². The summed E-state index contributed by atoms with van der Waals surface area (Å²) in [6.07, 6.45) is 3.15. The van der Waals surface area contributed by atoms with Gasteiger partial charge >= 0.3 is 0 Å². The lowest BCUT2D eigenvalue weighted by atomic mass is 10.1. The Balaban J connectivity index is 1.40. The second-order valence-corrected chi connectivity index (χ2v) is 9.78. The van der Waals surface area contributed by atoms with Crippen LogP contribution >= 0.6 is 31.9 Å². The van der Waals surface area contributed by atoms with Gasteiger partial charge in [0.05, 0.1) is 20.7 Å². The topological polar surface area (TPSA) is 60.2 Å². The first kappa shape index (κ1) is 24.2. The van der Waals surface area contributed by atoms with Crippen LogP contribution in [0.3, 0.4) is 0 Å². The molecule has 0 N–H and O–H groups in total. The maximum absolute atomic E-state index is 13.1.